The number of esters is 2. The van der Waals surface area contributed by atoms with Crippen LogP contribution in [0.25, 0.3) is 0 Å². The SMILES string of the molecule is C=C1C=CC(C(=O)OCc2ccccc2)(C(=O)OCc2ccccc2)C1c1ccc(Br)cc1. The second kappa shape index (κ2) is 10.0. The van der Waals surface area contributed by atoms with Crippen LogP contribution in [0, 0.1) is 5.41 Å². The molecule has 5 heteroatoms. The van der Waals surface area contributed by atoms with Gasteiger partial charge < -0.3 is 9.47 Å². The van der Waals surface area contributed by atoms with Gasteiger partial charge in [0.2, 0.25) is 0 Å². The van der Waals surface area contributed by atoms with Crippen molar-refractivity contribution in [3.63, 3.8) is 0 Å². The van der Waals surface area contributed by atoms with Crippen molar-refractivity contribution in [2.45, 2.75) is 19.1 Å². The molecule has 0 aliphatic heterocycles. The molecule has 0 fully saturated rings. The van der Waals surface area contributed by atoms with Gasteiger partial charge in [-0.05, 0) is 34.4 Å². The lowest BCUT2D eigenvalue weighted by Crippen LogP contribution is -2.43. The van der Waals surface area contributed by atoms with E-state index in [4.69, 9.17) is 9.47 Å². The first-order chi connectivity index (χ1) is 16.0. The molecule has 0 bridgehead atoms. The summed E-state index contributed by atoms with van der Waals surface area (Å²) in [4.78, 5) is 27.1. The van der Waals surface area contributed by atoms with Crippen LogP contribution in [0.2, 0.25) is 0 Å². The average molecular weight is 503 g/mol. The topological polar surface area (TPSA) is 52.6 Å². The smallest absolute Gasteiger partial charge is 0.328 e. The van der Waals surface area contributed by atoms with Crippen molar-refractivity contribution < 1.29 is 19.1 Å². The lowest BCUT2D eigenvalue weighted by molar-refractivity contribution is -0.170. The van der Waals surface area contributed by atoms with Crippen LogP contribution in [0.4, 0.5) is 0 Å². The van der Waals surface area contributed by atoms with Gasteiger partial charge in [-0.2, -0.15) is 0 Å². The summed E-state index contributed by atoms with van der Waals surface area (Å²) in [6.07, 6.45) is 3.28. The third-order valence-electron chi connectivity index (χ3n) is 5.69. The van der Waals surface area contributed by atoms with Crippen molar-refractivity contribution in [3.8, 4) is 0 Å². The van der Waals surface area contributed by atoms with E-state index in [2.05, 4.69) is 22.5 Å². The van der Waals surface area contributed by atoms with Crippen LogP contribution in [-0.2, 0) is 32.3 Å². The zero-order chi connectivity index (χ0) is 23.3. The first-order valence-electron chi connectivity index (χ1n) is 10.6. The lowest BCUT2D eigenvalue weighted by Gasteiger charge is -2.31. The number of ether oxygens (including phenoxy) is 2. The molecule has 0 amide bonds. The Labute approximate surface area is 201 Å². The number of carbonyl (C=O) groups excluding carboxylic acids is 2. The molecule has 166 valence electrons. The fourth-order valence-electron chi connectivity index (χ4n) is 4.00. The van der Waals surface area contributed by atoms with Crippen LogP contribution in [0.1, 0.15) is 22.6 Å². The molecule has 33 heavy (non-hydrogen) atoms. The molecule has 0 heterocycles. The van der Waals surface area contributed by atoms with Gasteiger partial charge in [0.1, 0.15) is 13.2 Å². The summed E-state index contributed by atoms with van der Waals surface area (Å²) >= 11 is 3.44. The molecule has 0 saturated heterocycles. The third kappa shape index (κ3) is 4.83. The number of hydrogen-bond donors (Lipinski definition) is 0. The normalized spacial score (nSPS) is 16.4. The predicted octanol–water partition coefficient (Wildman–Crippen LogP) is 6.13. The highest BCUT2D eigenvalue weighted by atomic mass is 79.9. The van der Waals surface area contributed by atoms with Crippen LogP contribution in [-0.4, -0.2) is 11.9 Å². The summed E-state index contributed by atoms with van der Waals surface area (Å²) in [5, 5.41) is 0. The second-order valence-corrected chi connectivity index (χ2v) is 8.80. The van der Waals surface area contributed by atoms with Crippen LogP contribution in [0.15, 0.2) is 114 Å². The van der Waals surface area contributed by atoms with E-state index in [0.29, 0.717) is 5.57 Å². The van der Waals surface area contributed by atoms with Gasteiger partial charge in [0.05, 0.1) is 0 Å². The van der Waals surface area contributed by atoms with Gasteiger partial charge in [-0.1, -0.05) is 107 Å². The lowest BCUT2D eigenvalue weighted by atomic mass is 9.73. The van der Waals surface area contributed by atoms with Crippen LogP contribution in [0.5, 0.6) is 0 Å². The fraction of sp³-hybridized carbons (Fsp3) is 0.143. The summed E-state index contributed by atoms with van der Waals surface area (Å²) in [6.45, 7) is 4.23. The van der Waals surface area contributed by atoms with E-state index in [-0.39, 0.29) is 13.2 Å². The molecule has 3 aromatic rings. The van der Waals surface area contributed by atoms with Gasteiger partial charge in [0.15, 0.2) is 5.41 Å². The number of halogens is 1. The zero-order valence-electron chi connectivity index (χ0n) is 17.9. The Hall–Kier alpha value is -3.44. The number of hydrogen-bond acceptors (Lipinski definition) is 4. The molecule has 0 N–H and O–H groups in total. The number of rotatable bonds is 7. The molecule has 0 spiro atoms. The monoisotopic (exact) mass is 502 g/mol. The van der Waals surface area contributed by atoms with Crippen molar-refractivity contribution >= 4 is 27.9 Å². The minimum Gasteiger partial charge on any atom is -0.460 e. The molecule has 3 aromatic carbocycles. The van der Waals surface area contributed by atoms with E-state index in [1.54, 1.807) is 12.2 Å². The number of allylic oxidation sites excluding steroid dienone is 2. The number of carbonyl (C=O) groups is 2. The largest absolute Gasteiger partial charge is 0.460 e. The molecule has 1 aliphatic carbocycles. The Kier molecular flexibility index (Phi) is 6.90. The maximum atomic E-state index is 13.6. The molecule has 4 nitrogen and oxygen atoms in total. The molecule has 1 atom stereocenters. The minimum absolute atomic E-state index is 0.0563. The molecule has 0 radical (unpaired) electrons. The van der Waals surface area contributed by atoms with Crippen molar-refractivity contribution in [3.05, 3.63) is 130 Å². The molecule has 0 aromatic heterocycles. The fourth-order valence-corrected chi connectivity index (χ4v) is 4.26. The van der Waals surface area contributed by atoms with Gasteiger partial charge in [-0.3, -0.25) is 9.59 Å². The predicted molar refractivity (Wildman–Crippen MR) is 130 cm³/mol. The van der Waals surface area contributed by atoms with Gasteiger partial charge >= 0.3 is 11.9 Å². The Bertz CT molecular complexity index is 1110. The summed E-state index contributed by atoms with van der Waals surface area (Å²) in [6, 6.07) is 26.2. The van der Waals surface area contributed by atoms with E-state index in [9.17, 15) is 9.59 Å². The van der Waals surface area contributed by atoms with Crippen LogP contribution in [0.3, 0.4) is 0 Å². The van der Waals surface area contributed by atoms with Crippen molar-refractivity contribution in [2.24, 2.45) is 5.41 Å². The Morgan fingerprint density at radius 3 is 1.76 bits per heavy atom. The summed E-state index contributed by atoms with van der Waals surface area (Å²) in [5.41, 5.74) is 1.43. The number of benzene rings is 3. The van der Waals surface area contributed by atoms with E-state index in [1.807, 2.05) is 84.9 Å². The molecule has 4 rings (SSSR count). The van der Waals surface area contributed by atoms with Crippen molar-refractivity contribution in [1.82, 2.24) is 0 Å². The van der Waals surface area contributed by atoms with Crippen LogP contribution < -0.4 is 0 Å². The highest BCUT2D eigenvalue weighted by Crippen LogP contribution is 2.49. The maximum absolute atomic E-state index is 13.6. The maximum Gasteiger partial charge on any atom is 0.328 e. The van der Waals surface area contributed by atoms with Gasteiger partial charge in [-0.15, -0.1) is 0 Å². The standard InChI is InChI=1S/C28H23BrO4/c1-20-16-17-28(25(20)23-12-14-24(29)15-13-23,26(30)32-18-21-8-4-2-5-9-21)27(31)33-19-22-10-6-3-7-11-22/h2-17,25H,1,18-19H2. The van der Waals surface area contributed by atoms with Crippen LogP contribution >= 0.6 is 15.9 Å². The Morgan fingerprint density at radius 2 is 1.27 bits per heavy atom. The quantitative estimate of drug-likeness (QED) is 0.288. The van der Waals surface area contributed by atoms with Gasteiger partial charge in [0, 0.05) is 10.4 Å². The van der Waals surface area contributed by atoms with Crippen molar-refractivity contribution in [1.29, 1.82) is 0 Å². The minimum atomic E-state index is -1.66. The summed E-state index contributed by atoms with van der Waals surface area (Å²) < 4.78 is 12.2. The second-order valence-electron chi connectivity index (χ2n) is 7.89. The first-order valence-corrected chi connectivity index (χ1v) is 11.4. The summed E-state index contributed by atoms with van der Waals surface area (Å²) in [7, 11) is 0. The third-order valence-corrected chi connectivity index (χ3v) is 6.22. The van der Waals surface area contributed by atoms with E-state index >= 15 is 0 Å². The summed E-state index contributed by atoms with van der Waals surface area (Å²) in [5.74, 6) is -1.95. The highest BCUT2D eigenvalue weighted by Gasteiger charge is 2.57. The van der Waals surface area contributed by atoms with E-state index in [1.165, 1.54) is 0 Å². The van der Waals surface area contributed by atoms with E-state index < -0.39 is 23.3 Å². The Balaban J connectivity index is 1.66. The zero-order valence-corrected chi connectivity index (χ0v) is 19.5. The molecular formula is C28H23BrO4. The molecule has 1 unspecified atom stereocenters. The van der Waals surface area contributed by atoms with Crippen molar-refractivity contribution in [2.75, 3.05) is 0 Å². The first kappa shape index (κ1) is 22.7. The van der Waals surface area contributed by atoms with Gasteiger partial charge in [-0.25, -0.2) is 0 Å². The average Bonchev–Trinajstić information content (AvgIpc) is 3.21. The highest BCUT2D eigenvalue weighted by molar-refractivity contribution is 9.10. The van der Waals surface area contributed by atoms with Gasteiger partial charge in [0.25, 0.3) is 0 Å². The Morgan fingerprint density at radius 1 is 0.788 bits per heavy atom. The molecule has 0 saturated carbocycles. The van der Waals surface area contributed by atoms with E-state index in [0.717, 1.165) is 21.2 Å². The molecular weight excluding hydrogens is 480 g/mol. The molecule has 1 aliphatic rings.